The van der Waals surface area contributed by atoms with Gasteiger partial charge in [-0.05, 0) is 38.0 Å². The molecule has 0 aliphatic rings. The Balaban J connectivity index is -0.00000180. The minimum atomic E-state index is -1.02. The van der Waals surface area contributed by atoms with Crippen molar-refractivity contribution in [1.29, 1.82) is 0 Å². The molecule has 22 heavy (non-hydrogen) atoms. The summed E-state index contributed by atoms with van der Waals surface area (Å²) in [5.41, 5.74) is -0.786. The molecule has 0 aliphatic heterocycles. The van der Waals surface area contributed by atoms with Crippen LogP contribution < -0.4 is 69.3 Å². The number of carbonyl (C=O) groups excluding carboxylic acids is 2. The van der Waals surface area contributed by atoms with Gasteiger partial charge in [0.25, 0.3) is 0 Å². The number of carboxylic acids is 2. The number of hydrogen-bond acceptors (Lipinski definition) is 4. The molecule has 0 N–H and O–H groups in total. The van der Waals surface area contributed by atoms with Crippen molar-refractivity contribution in [3.05, 3.63) is 0 Å². The van der Waals surface area contributed by atoms with Crippen LogP contribution in [0.15, 0.2) is 0 Å². The van der Waals surface area contributed by atoms with Crippen LogP contribution in [-0.2, 0) is 9.59 Å². The van der Waals surface area contributed by atoms with Crippen LogP contribution in [0.3, 0.4) is 0 Å². The molecule has 0 radical (unpaired) electrons. The molecular formula is C16H28Na2O4. The van der Waals surface area contributed by atoms with E-state index < -0.39 is 23.3 Å². The predicted octanol–water partition coefficient (Wildman–Crippen LogP) is -4.33. The zero-order valence-corrected chi connectivity index (χ0v) is 19.1. The normalized spacial score (nSPS) is 12.0. The third-order valence-electron chi connectivity index (χ3n) is 4.07. The topological polar surface area (TPSA) is 80.3 Å². The Kier molecular flexibility index (Phi) is 19.5. The second-order valence-corrected chi connectivity index (χ2v) is 5.76. The molecule has 0 aromatic rings. The van der Waals surface area contributed by atoms with E-state index in [9.17, 15) is 19.8 Å². The van der Waals surface area contributed by atoms with Gasteiger partial charge in [0.05, 0.1) is 0 Å². The summed E-state index contributed by atoms with van der Waals surface area (Å²) in [6, 6.07) is 0. The fourth-order valence-electron chi connectivity index (χ4n) is 3.05. The fourth-order valence-corrected chi connectivity index (χ4v) is 3.05. The van der Waals surface area contributed by atoms with E-state index in [1.165, 1.54) is 0 Å². The van der Waals surface area contributed by atoms with Gasteiger partial charge in [-0.15, -0.1) is 0 Å². The minimum Gasteiger partial charge on any atom is -0.550 e. The average molecular weight is 330 g/mol. The Morgan fingerprint density at radius 1 is 0.864 bits per heavy atom. The molecule has 0 heterocycles. The zero-order valence-electron chi connectivity index (χ0n) is 15.1. The van der Waals surface area contributed by atoms with Crippen molar-refractivity contribution in [2.75, 3.05) is 0 Å². The van der Waals surface area contributed by atoms with Gasteiger partial charge in [-0.2, -0.15) is 0 Å². The summed E-state index contributed by atoms with van der Waals surface area (Å²) in [6.07, 6.45) is 5.81. The maximum atomic E-state index is 11.5. The number of aliphatic carboxylic acids is 2. The first-order chi connectivity index (χ1) is 9.43. The Labute approximate surface area is 179 Å². The summed E-state index contributed by atoms with van der Waals surface area (Å²) in [5, 5.41) is 22.5. The van der Waals surface area contributed by atoms with Crippen molar-refractivity contribution in [2.45, 2.75) is 78.6 Å². The van der Waals surface area contributed by atoms with E-state index in [2.05, 4.69) is 0 Å². The predicted molar refractivity (Wildman–Crippen MR) is 74.5 cm³/mol. The van der Waals surface area contributed by atoms with Crippen molar-refractivity contribution in [1.82, 2.24) is 0 Å². The Hall–Kier alpha value is 0.940. The molecule has 0 saturated heterocycles. The molecule has 1 atom stereocenters. The summed E-state index contributed by atoms with van der Waals surface area (Å²) < 4.78 is 0. The van der Waals surface area contributed by atoms with Crippen LogP contribution >= 0.6 is 0 Å². The van der Waals surface area contributed by atoms with Gasteiger partial charge in [-0.25, -0.2) is 0 Å². The Morgan fingerprint density at radius 3 is 1.68 bits per heavy atom. The molecule has 1 unspecified atom stereocenters. The van der Waals surface area contributed by atoms with E-state index in [1.54, 1.807) is 0 Å². The third kappa shape index (κ3) is 9.94. The number of carboxylic acid groups (broad SMARTS) is 2. The zero-order chi connectivity index (χ0) is 15.6. The molecular weight excluding hydrogens is 302 g/mol. The Morgan fingerprint density at radius 2 is 1.36 bits per heavy atom. The molecule has 0 aromatic carbocycles. The molecule has 0 bridgehead atoms. The van der Waals surface area contributed by atoms with E-state index in [1.807, 2.05) is 20.8 Å². The molecule has 0 spiro atoms. The SMILES string of the molecule is CCCC(CCCC(CCC)(CCC)C(=O)[O-])C(=O)[O-].[Na+].[Na+]. The van der Waals surface area contributed by atoms with Crippen LogP contribution in [0.1, 0.15) is 78.6 Å². The van der Waals surface area contributed by atoms with E-state index >= 15 is 0 Å². The maximum absolute atomic E-state index is 11.5. The average Bonchev–Trinajstić information content (AvgIpc) is 2.37. The number of rotatable bonds is 12. The van der Waals surface area contributed by atoms with Gasteiger partial charge in [0.2, 0.25) is 0 Å². The fraction of sp³-hybridized carbons (Fsp3) is 0.875. The van der Waals surface area contributed by atoms with Crippen LogP contribution in [-0.4, -0.2) is 11.9 Å². The van der Waals surface area contributed by atoms with Crippen molar-refractivity contribution in [3.63, 3.8) is 0 Å². The molecule has 6 heteroatoms. The van der Waals surface area contributed by atoms with Gasteiger partial charge in [-0.3, -0.25) is 0 Å². The van der Waals surface area contributed by atoms with Gasteiger partial charge in [-0.1, -0.05) is 46.5 Å². The van der Waals surface area contributed by atoms with Gasteiger partial charge in [0.1, 0.15) is 0 Å². The molecule has 0 aliphatic carbocycles. The largest absolute Gasteiger partial charge is 1.00 e. The van der Waals surface area contributed by atoms with Gasteiger partial charge in [0, 0.05) is 17.4 Å². The standard InChI is InChI=1S/C16H30O4.2Na/c1-4-8-13(14(17)18)9-7-12-16(10-5-2,11-6-3)15(19)20;;/h13H,4-12H2,1-3H3,(H,17,18)(H,19,20);;/q;2*+1/p-2. The monoisotopic (exact) mass is 330 g/mol. The van der Waals surface area contributed by atoms with Crippen LogP contribution in [0.2, 0.25) is 0 Å². The van der Waals surface area contributed by atoms with Crippen molar-refractivity contribution >= 4 is 11.9 Å². The van der Waals surface area contributed by atoms with E-state index in [0.717, 1.165) is 19.3 Å². The molecule has 118 valence electrons. The van der Waals surface area contributed by atoms with Crippen molar-refractivity contribution < 1.29 is 78.9 Å². The smallest absolute Gasteiger partial charge is 0.550 e. The van der Waals surface area contributed by atoms with Crippen LogP contribution in [0.5, 0.6) is 0 Å². The summed E-state index contributed by atoms with van der Waals surface area (Å²) in [5.74, 6) is -2.46. The first-order valence-corrected chi connectivity index (χ1v) is 7.85. The third-order valence-corrected chi connectivity index (χ3v) is 4.07. The van der Waals surface area contributed by atoms with Crippen LogP contribution in [0.25, 0.3) is 0 Å². The van der Waals surface area contributed by atoms with Gasteiger partial charge < -0.3 is 19.8 Å². The van der Waals surface area contributed by atoms with Crippen LogP contribution in [0.4, 0.5) is 0 Å². The molecule has 0 fully saturated rings. The molecule has 0 rings (SSSR count). The Bertz CT molecular complexity index is 303. The number of hydrogen-bond donors (Lipinski definition) is 0. The van der Waals surface area contributed by atoms with Gasteiger partial charge >= 0.3 is 59.1 Å². The summed E-state index contributed by atoms with van der Waals surface area (Å²) in [7, 11) is 0. The second kappa shape index (κ2) is 15.5. The molecule has 0 saturated carbocycles. The van der Waals surface area contributed by atoms with Crippen molar-refractivity contribution in [3.8, 4) is 0 Å². The van der Waals surface area contributed by atoms with Crippen LogP contribution in [0, 0.1) is 11.3 Å². The van der Waals surface area contributed by atoms with Gasteiger partial charge in [0.15, 0.2) is 0 Å². The summed E-state index contributed by atoms with van der Waals surface area (Å²) >= 11 is 0. The van der Waals surface area contributed by atoms with E-state index in [4.69, 9.17) is 0 Å². The van der Waals surface area contributed by atoms with E-state index in [-0.39, 0.29) is 59.1 Å². The first-order valence-electron chi connectivity index (χ1n) is 7.85. The molecule has 0 aromatic heterocycles. The van der Waals surface area contributed by atoms with Crippen molar-refractivity contribution in [2.24, 2.45) is 11.3 Å². The second-order valence-electron chi connectivity index (χ2n) is 5.76. The summed E-state index contributed by atoms with van der Waals surface area (Å²) in [6.45, 7) is 5.87. The maximum Gasteiger partial charge on any atom is 1.00 e. The molecule has 4 nitrogen and oxygen atoms in total. The van der Waals surface area contributed by atoms with E-state index in [0.29, 0.717) is 38.5 Å². The minimum absolute atomic E-state index is 0. The summed E-state index contributed by atoms with van der Waals surface area (Å²) in [4.78, 5) is 22.5. The quantitative estimate of drug-likeness (QED) is 0.339. The number of carbonyl (C=O) groups is 2. The molecule has 0 amide bonds. The first kappa shape index (κ1) is 27.8.